The van der Waals surface area contributed by atoms with Crippen LogP contribution in [0.5, 0.6) is 0 Å². The zero-order valence-corrected chi connectivity index (χ0v) is 8.64. The molecule has 2 nitrogen and oxygen atoms in total. The minimum Gasteiger partial charge on any atom is -0.441 e. The van der Waals surface area contributed by atoms with E-state index in [0.29, 0.717) is 0 Å². The molecule has 0 saturated heterocycles. The number of carbonyl (C=O) groups excluding carboxylic acids is 1. The molecule has 0 bridgehead atoms. The fourth-order valence-electron chi connectivity index (χ4n) is 0.266. The molecule has 0 heterocycles. The molecule has 0 aliphatic carbocycles. The fraction of sp³-hybridized carbons (Fsp3) is 0.800. The van der Waals surface area contributed by atoms with Gasteiger partial charge in [0.2, 0.25) is 9.36 Å². The molecule has 0 aromatic carbocycles. The van der Waals surface area contributed by atoms with E-state index >= 15 is 0 Å². The lowest BCUT2D eigenvalue weighted by Gasteiger charge is -2.17. The molecule has 0 saturated carbocycles. The maximum atomic E-state index is 10.6. The van der Waals surface area contributed by atoms with Crippen molar-refractivity contribution in [3.8, 4) is 0 Å². The van der Waals surface area contributed by atoms with Crippen molar-refractivity contribution in [1.82, 2.24) is 0 Å². The Hall–Kier alpha value is 0.630. The van der Waals surface area contributed by atoms with E-state index in [2.05, 4.69) is 4.74 Å². The molecule has 1 atom stereocenters. The fourth-order valence-corrected chi connectivity index (χ4v) is 0.499. The summed E-state index contributed by atoms with van der Waals surface area (Å²) in [4.78, 5) is 10.6. The predicted molar refractivity (Wildman–Crippen MR) is 46.3 cm³/mol. The standard InChI is InChI=1S/C5H6Cl4O2/c1-2-3(10)11-4(6)5(7,8)9/h4H,2H2,1H3. The summed E-state index contributed by atoms with van der Waals surface area (Å²) in [6.07, 6.45) is 0.198. The number of ether oxygens (including phenoxy) is 1. The molecule has 0 aromatic rings. The second kappa shape index (κ2) is 4.61. The van der Waals surface area contributed by atoms with Crippen molar-refractivity contribution < 1.29 is 9.53 Å². The predicted octanol–water partition coefficient (Wildman–Crippen LogP) is 2.87. The number of halogens is 4. The van der Waals surface area contributed by atoms with Crippen molar-refractivity contribution in [2.45, 2.75) is 22.7 Å². The first-order valence-corrected chi connectivity index (χ1v) is 4.35. The molecule has 0 radical (unpaired) electrons. The highest BCUT2D eigenvalue weighted by Crippen LogP contribution is 2.34. The van der Waals surface area contributed by atoms with Gasteiger partial charge in [-0.25, -0.2) is 0 Å². The van der Waals surface area contributed by atoms with Crippen LogP contribution in [0.15, 0.2) is 0 Å². The molecule has 0 spiro atoms. The van der Waals surface area contributed by atoms with Gasteiger partial charge in [0.1, 0.15) is 0 Å². The van der Waals surface area contributed by atoms with Crippen molar-refractivity contribution in [2.75, 3.05) is 0 Å². The lowest BCUT2D eigenvalue weighted by atomic mass is 10.5. The van der Waals surface area contributed by atoms with E-state index in [-0.39, 0.29) is 6.42 Å². The quantitative estimate of drug-likeness (QED) is 0.547. The Labute approximate surface area is 84.7 Å². The van der Waals surface area contributed by atoms with E-state index in [1.165, 1.54) is 0 Å². The van der Waals surface area contributed by atoms with Crippen LogP contribution in [0.2, 0.25) is 0 Å². The van der Waals surface area contributed by atoms with Gasteiger partial charge in [-0.05, 0) is 0 Å². The largest absolute Gasteiger partial charge is 0.441 e. The van der Waals surface area contributed by atoms with E-state index in [1.807, 2.05) is 0 Å². The molecular weight excluding hydrogens is 234 g/mol. The first-order chi connectivity index (χ1) is 4.88. The van der Waals surface area contributed by atoms with Gasteiger partial charge in [0.25, 0.3) is 0 Å². The van der Waals surface area contributed by atoms with Gasteiger partial charge >= 0.3 is 5.97 Å². The first kappa shape index (κ1) is 11.6. The van der Waals surface area contributed by atoms with Gasteiger partial charge in [-0.3, -0.25) is 4.79 Å². The topological polar surface area (TPSA) is 26.3 Å². The van der Waals surface area contributed by atoms with E-state index < -0.39 is 15.3 Å². The summed E-state index contributed by atoms with van der Waals surface area (Å²) in [5.74, 6) is -0.503. The van der Waals surface area contributed by atoms with Crippen molar-refractivity contribution >= 4 is 52.4 Å². The Morgan fingerprint density at radius 2 is 2.00 bits per heavy atom. The van der Waals surface area contributed by atoms with Crippen molar-refractivity contribution in [3.05, 3.63) is 0 Å². The Morgan fingerprint density at radius 1 is 1.55 bits per heavy atom. The smallest absolute Gasteiger partial charge is 0.307 e. The molecule has 6 heteroatoms. The normalized spacial score (nSPS) is 14.3. The van der Waals surface area contributed by atoms with E-state index in [0.717, 1.165) is 0 Å². The zero-order valence-electron chi connectivity index (χ0n) is 5.61. The van der Waals surface area contributed by atoms with Crippen LogP contribution >= 0.6 is 46.4 Å². The molecule has 0 rings (SSSR count). The molecule has 0 N–H and O–H groups in total. The average Bonchev–Trinajstić information content (AvgIpc) is 1.85. The van der Waals surface area contributed by atoms with Crippen molar-refractivity contribution in [3.63, 3.8) is 0 Å². The molecule has 66 valence electrons. The van der Waals surface area contributed by atoms with E-state index in [9.17, 15) is 4.79 Å². The summed E-state index contributed by atoms with van der Waals surface area (Å²) < 4.78 is 2.72. The highest BCUT2D eigenvalue weighted by Gasteiger charge is 2.33. The molecule has 0 aliphatic heterocycles. The summed E-state index contributed by atoms with van der Waals surface area (Å²) in [5.41, 5.74) is -1.24. The highest BCUT2D eigenvalue weighted by atomic mass is 35.6. The lowest BCUT2D eigenvalue weighted by Crippen LogP contribution is -2.25. The minimum atomic E-state index is -1.77. The Morgan fingerprint density at radius 3 is 2.27 bits per heavy atom. The lowest BCUT2D eigenvalue weighted by molar-refractivity contribution is -0.144. The van der Waals surface area contributed by atoms with Crippen LogP contribution in [-0.4, -0.2) is 15.3 Å². The van der Waals surface area contributed by atoms with Gasteiger partial charge in [0, 0.05) is 6.42 Å². The second-order valence-electron chi connectivity index (χ2n) is 1.70. The van der Waals surface area contributed by atoms with Gasteiger partial charge in [-0.15, -0.1) is 0 Å². The second-order valence-corrected chi connectivity index (χ2v) is 4.47. The van der Waals surface area contributed by atoms with Gasteiger partial charge in [0.05, 0.1) is 0 Å². The SMILES string of the molecule is CCC(=O)OC(Cl)C(Cl)(Cl)Cl. The summed E-state index contributed by atoms with van der Waals surface area (Å²) >= 11 is 21.3. The van der Waals surface area contributed by atoms with Gasteiger partial charge < -0.3 is 4.74 Å². The molecular formula is C5H6Cl4O2. The highest BCUT2D eigenvalue weighted by molar-refractivity contribution is 6.70. The first-order valence-electron chi connectivity index (χ1n) is 2.78. The molecule has 0 aromatic heterocycles. The number of esters is 1. The monoisotopic (exact) mass is 238 g/mol. The molecule has 0 fully saturated rings. The van der Waals surface area contributed by atoms with Crippen molar-refractivity contribution in [2.24, 2.45) is 0 Å². The van der Waals surface area contributed by atoms with Crippen LogP contribution in [-0.2, 0) is 9.53 Å². The maximum absolute atomic E-state index is 10.6. The van der Waals surface area contributed by atoms with E-state index in [1.54, 1.807) is 6.92 Å². The maximum Gasteiger partial charge on any atom is 0.307 e. The van der Waals surface area contributed by atoms with Crippen LogP contribution < -0.4 is 0 Å². The molecule has 0 amide bonds. The third kappa shape index (κ3) is 4.96. The Bertz CT molecular complexity index is 142. The summed E-state index contributed by atoms with van der Waals surface area (Å²) in [6.45, 7) is 1.62. The van der Waals surface area contributed by atoms with Crippen molar-refractivity contribution in [1.29, 1.82) is 0 Å². The minimum absolute atomic E-state index is 0.198. The third-order valence-corrected chi connectivity index (χ3v) is 2.13. The summed E-state index contributed by atoms with van der Waals surface area (Å²) in [6, 6.07) is 0. The third-order valence-electron chi connectivity index (χ3n) is 0.781. The van der Waals surface area contributed by atoms with Crippen LogP contribution in [0.3, 0.4) is 0 Å². The van der Waals surface area contributed by atoms with Crippen LogP contribution in [0.25, 0.3) is 0 Å². The Kier molecular flexibility index (Phi) is 4.87. The number of carbonyl (C=O) groups is 1. The summed E-state index contributed by atoms with van der Waals surface area (Å²) in [5, 5.41) is 0. The zero-order chi connectivity index (χ0) is 9.07. The van der Waals surface area contributed by atoms with Crippen LogP contribution in [0.1, 0.15) is 13.3 Å². The number of hydrogen-bond donors (Lipinski definition) is 0. The van der Waals surface area contributed by atoms with Gasteiger partial charge in [-0.2, -0.15) is 0 Å². The van der Waals surface area contributed by atoms with Crippen LogP contribution in [0, 0.1) is 0 Å². The molecule has 11 heavy (non-hydrogen) atoms. The van der Waals surface area contributed by atoms with E-state index in [4.69, 9.17) is 46.4 Å². The number of alkyl halides is 4. The summed E-state index contributed by atoms with van der Waals surface area (Å²) in [7, 11) is 0. The van der Waals surface area contributed by atoms with Gasteiger partial charge in [0.15, 0.2) is 0 Å². The Balaban J connectivity index is 3.87. The number of hydrogen-bond acceptors (Lipinski definition) is 2. The molecule has 0 aliphatic rings. The number of rotatable bonds is 2. The molecule has 1 unspecified atom stereocenters. The average molecular weight is 240 g/mol. The van der Waals surface area contributed by atoms with Gasteiger partial charge in [-0.1, -0.05) is 53.3 Å². The van der Waals surface area contributed by atoms with Crippen LogP contribution in [0.4, 0.5) is 0 Å².